The Morgan fingerprint density at radius 3 is 2.63 bits per heavy atom. The van der Waals surface area contributed by atoms with Crippen molar-refractivity contribution in [3.63, 3.8) is 0 Å². The van der Waals surface area contributed by atoms with Crippen molar-refractivity contribution in [2.75, 3.05) is 33.2 Å². The predicted molar refractivity (Wildman–Crippen MR) is 108 cm³/mol. The maximum Gasteiger partial charge on any atom is 0.317 e. The zero-order chi connectivity index (χ0) is 19.4. The van der Waals surface area contributed by atoms with Crippen LogP contribution in [0, 0.1) is 5.41 Å². The summed E-state index contributed by atoms with van der Waals surface area (Å²) < 4.78 is 0. The minimum atomic E-state index is 0.0345. The van der Waals surface area contributed by atoms with E-state index in [1.165, 1.54) is 0 Å². The molecular weight excluding hydrogens is 360 g/mol. The maximum atomic E-state index is 12.5. The van der Waals surface area contributed by atoms with Gasteiger partial charge in [0.05, 0.1) is 10.7 Å². The molecule has 3 heterocycles. The van der Waals surface area contributed by atoms with Crippen LogP contribution in [-0.2, 0) is 11.2 Å². The fraction of sp³-hybridized carbons (Fsp3) is 0.750. The normalized spacial score (nSPS) is 20.2. The van der Waals surface area contributed by atoms with Gasteiger partial charge in [-0.3, -0.25) is 4.79 Å². The lowest BCUT2D eigenvalue weighted by Crippen LogP contribution is -2.48. The molecule has 0 atom stereocenters. The number of hydrogen-bond acceptors (Lipinski definition) is 4. The lowest BCUT2D eigenvalue weighted by molar-refractivity contribution is -0.129. The van der Waals surface area contributed by atoms with Gasteiger partial charge >= 0.3 is 6.03 Å². The molecule has 27 heavy (non-hydrogen) atoms. The molecule has 0 bridgehead atoms. The van der Waals surface area contributed by atoms with Gasteiger partial charge in [-0.2, -0.15) is 0 Å². The topological polar surface area (TPSA) is 65.5 Å². The predicted octanol–water partition coefficient (Wildman–Crippen LogP) is 3.24. The molecule has 3 amide bonds. The lowest BCUT2D eigenvalue weighted by atomic mass is 9.73. The minimum absolute atomic E-state index is 0.0345. The standard InChI is InChI=1S/C20H32N4O2S/c1-15(2)16-14-27-17(22-16)5-10-21-19(26)24-12-8-20(9-13-24)6-4-18(25)23(3)11-7-20/h14-15H,4-13H2,1-3H3,(H,21,26). The SMILES string of the molecule is CC(C)c1csc(CCNC(=O)N2CCC3(CCC(=O)N(C)CC3)CC2)n1. The van der Waals surface area contributed by atoms with E-state index in [2.05, 4.69) is 29.5 Å². The van der Waals surface area contributed by atoms with Crippen molar-refractivity contribution >= 4 is 23.3 Å². The van der Waals surface area contributed by atoms with Crippen LogP contribution < -0.4 is 5.32 Å². The van der Waals surface area contributed by atoms with Gasteiger partial charge in [0.25, 0.3) is 0 Å². The van der Waals surface area contributed by atoms with Gasteiger partial charge in [-0.15, -0.1) is 11.3 Å². The fourth-order valence-corrected chi connectivity index (χ4v) is 4.95. The van der Waals surface area contributed by atoms with Crippen LogP contribution in [-0.4, -0.2) is 59.9 Å². The Morgan fingerprint density at radius 2 is 1.96 bits per heavy atom. The van der Waals surface area contributed by atoms with Crippen LogP contribution in [0.1, 0.15) is 62.6 Å². The van der Waals surface area contributed by atoms with Gasteiger partial charge in [0.1, 0.15) is 0 Å². The number of thiazole rings is 1. The first-order valence-electron chi connectivity index (χ1n) is 10.1. The molecule has 0 saturated carbocycles. The van der Waals surface area contributed by atoms with E-state index in [0.29, 0.717) is 18.9 Å². The Balaban J connectivity index is 1.42. The number of aromatic nitrogens is 1. The summed E-state index contributed by atoms with van der Waals surface area (Å²) in [6.07, 6.45) is 5.47. The molecule has 6 nitrogen and oxygen atoms in total. The second-order valence-corrected chi connectivity index (χ2v) is 9.30. The zero-order valence-corrected chi connectivity index (χ0v) is 17.6. The third-order valence-electron chi connectivity index (χ3n) is 6.16. The minimum Gasteiger partial charge on any atom is -0.346 e. The van der Waals surface area contributed by atoms with Gasteiger partial charge in [0, 0.05) is 51.4 Å². The van der Waals surface area contributed by atoms with Crippen molar-refractivity contribution in [1.29, 1.82) is 0 Å². The molecule has 1 N–H and O–H groups in total. The third-order valence-corrected chi connectivity index (χ3v) is 7.09. The highest BCUT2D eigenvalue weighted by molar-refractivity contribution is 7.09. The molecule has 2 saturated heterocycles. The Labute approximate surface area is 166 Å². The van der Waals surface area contributed by atoms with E-state index in [0.717, 1.165) is 62.4 Å². The number of hydrogen-bond donors (Lipinski definition) is 1. The number of carbonyl (C=O) groups excluding carboxylic acids is 2. The second kappa shape index (κ2) is 8.59. The molecule has 0 aliphatic carbocycles. The van der Waals surface area contributed by atoms with Gasteiger partial charge in [-0.25, -0.2) is 9.78 Å². The molecule has 2 aliphatic rings. The third kappa shape index (κ3) is 5.00. The average molecular weight is 393 g/mol. The van der Waals surface area contributed by atoms with E-state index in [1.54, 1.807) is 11.3 Å². The lowest BCUT2D eigenvalue weighted by Gasteiger charge is -2.41. The van der Waals surface area contributed by atoms with Gasteiger partial charge in [-0.05, 0) is 37.0 Å². The molecule has 0 radical (unpaired) electrons. The first kappa shape index (κ1) is 20.1. The smallest absolute Gasteiger partial charge is 0.317 e. The van der Waals surface area contributed by atoms with E-state index in [1.807, 2.05) is 16.8 Å². The summed E-state index contributed by atoms with van der Waals surface area (Å²) in [4.78, 5) is 32.8. The summed E-state index contributed by atoms with van der Waals surface area (Å²) in [7, 11) is 1.90. The molecule has 1 spiro atoms. The summed E-state index contributed by atoms with van der Waals surface area (Å²) in [5, 5.41) is 6.25. The van der Waals surface area contributed by atoms with E-state index < -0.39 is 0 Å². The van der Waals surface area contributed by atoms with Gasteiger partial charge in [0.15, 0.2) is 0 Å². The zero-order valence-electron chi connectivity index (χ0n) is 16.8. The first-order valence-corrected chi connectivity index (χ1v) is 11.0. The monoisotopic (exact) mass is 392 g/mol. The van der Waals surface area contributed by atoms with E-state index in [9.17, 15) is 9.59 Å². The molecule has 2 fully saturated rings. The number of carbonyl (C=O) groups is 2. The van der Waals surface area contributed by atoms with Crippen LogP contribution in [0.4, 0.5) is 4.79 Å². The summed E-state index contributed by atoms with van der Waals surface area (Å²) in [5.41, 5.74) is 1.38. The van der Waals surface area contributed by atoms with E-state index in [-0.39, 0.29) is 17.4 Å². The van der Waals surface area contributed by atoms with Crippen LogP contribution in [0.5, 0.6) is 0 Å². The van der Waals surface area contributed by atoms with Gasteiger partial charge < -0.3 is 15.1 Å². The summed E-state index contributed by atoms with van der Waals surface area (Å²) >= 11 is 1.67. The number of nitrogens with one attached hydrogen (secondary N) is 1. The molecule has 0 aromatic carbocycles. The van der Waals surface area contributed by atoms with Crippen LogP contribution in [0.3, 0.4) is 0 Å². The molecule has 1 aromatic heterocycles. The number of nitrogens with zero attached hydrogens (tertiary/aromatic N) is 3. The van der Waals surface area contributed by atoms with Crippen molar-refractivity contribution in [3.8, 4) is 0 Å². The molecule has 3 rings (SSSR count). The molecule has 150 valence electrons. The van der Waals surface area contributed by atoms with Crippen molar-refractivity contribution < 1.29 is 9.59 Å². The number of urea groups is 1. The van der Waals surface area contributed by atoms with Crippen molar-refractivity contribution in [1.82, 2.24) is 20.1 Å². The molecule has 0 unspecified atom stereocenters. The highest BCUT2D eigenvalue weighted by Gasteiger charge is 2.38. The highest BCUT2D eigenvalue weighted by Crippen LogP contribution is 2.41. The Hall–Kier alpha value is -1.63. The Bertz CT molecular complexity index is 665. The summed E-state index contributed by atoms with van der Waals surface area (Å²) in [6.45, 7) is 7.34. The quantitative estimate of drug-likeness (QED) is 0.855. The first-order chi connectivity index (χ1) is 12.9. The summed E-state index contributed by atoms with van der Waals surface area (Å²) in [6, 6.07) is 0.0345. The van der Waals surface area contributed by atoms with E-state index >= 15 is 0 Å². The number of piperidine rings is 1. The average Bonchev–Trinajstić information content (AvgIpc) is 3.09. The largest absolute Gasteiger partial charge is 0.346 e. The van der Waals surface area contributed by atoms with Crippen LogP contribution in [0.2, 0.25) is 0 Å². The van der Waals surface area contributed by atoms with Crippen molar-refractivity contribution in [3.05, 3.63) is 16.1 Å². The van der Waals surface area contributed by atoms with Crippen LogP contribution >= 0.6 is 11.3 Å². The maximum absolute atomic E-state index is 12.5. The molecule has 7 heteroatoms. The molecule has 2 aliphatic heterocycles. The van der Waals surface area contributed by atoms with Crippen molar-refractivity contribution in [2.24, 2.45) is 5.41 Å². The Morgan fingerprint density at radius 1 is 1.26 bits per heavy atom. The van der Waals surface area contributed by atoms with Gasteiger partial charge in [-0.1, -0.05) is 13.8 Å². The van der Waals surface area contributed by atoms with Crippen LogP contribution in [0.25, 0.3) is 0 Å². The fourth-order valence-electron chi connectivity index (χ4n) is 3.99. The Kier molecular flexibility index (Phi) is 6.40. The second-order valence-electron chi connectivity index (χ2n) is 8.36. The molecule has 1 aromatic rings. The number of rotatable bonds is 4. The molecular formula is C20H32N4O2S. The summed E-state index contributed by atoms with van der Waals surface area (Å²) in [5.74, 6) is 0.708. The number of amides is 3. The van der Waals surface area contributed by atoms with Crippen molar-refractivity contribution in [2.45, 2.75) is 58.3 Å². The highest BCUT2D eigenvalue weighted by atomic mass is 32.1. The van der Waals surface area contributed by atoms with Crippen LogP contribution in [0.15, 0.2) is 5.38 Å². The number of likely N-dealkylation sites (tertiary alicyclic amines) is 2. The van der Waals surface area contributed by atoms with E-state index in [4.69, 9.17) is 0 Å². The van der Waals surface area contributed by atoms with Gasteiger partial charge in [0.2, 0.25) is 5.91 Å².